The van der Waals surface area contributed by atoms with Crippen LogP contribution in [0.4, 0.5) is 4.39 Å². The second-order valence-corrected chi connectivity index (χ2v) is 6.83. The van der Waals surface area contributed by atoms with E-state index in [1.807, 2.05) is 6.07 Å². The van der Waals surface area contributed by atoms with E-state index in [1.54, 1.807) is 0 Å². The largest absolute Gasteiger partial charge is 0.314 e. The molecule has 2 atom stereocenters. The van der Waals surface area contributed by atoms with E-state index in [0.29, 0.717) is 10.9 Å². The third-order valence-corrected chi connectivity index (χ3v) is 5.16. The second kappa shape index (κ2) is 6.44. The van der Waals surface area contributed by atoms with Crippen molar-refractivity contribution in [2.45, 2.75) is 51.0 Å². The number of rotatable bonds is 5. The summed E-state index contributed by atoms with van der Waals surface area (Å²) in [7, 11) is 0. The number of halogens is 2. The summed E-state index contributed by atoms with van der Waals surface area (Å²) in [5, 5.41) is 4.26. The predicted molar refractivity (Wildman–Crippen MR) is 81.6 cm³/mol. The van der Waals surface area contributed by atoms with Crippen molar-refractivity contribution in [2.24, 2.45) is 11.8 Å². The van der Waals surface area contributed by atoms with Crippen LogP contribution in [0.3, 0.4) is 0 Å². The fraction of sp³-hybridized carbons (Fsp3) is 0.647. The van der Waals surface area contributed by atoms with Gasteiger partial charge in [0, 0.05) is 11.1 Å². The Kier molecular flexibility index (Phi) is 4.62. The van der Waals surface area contributed by atoms with Crippen LogP contribution >= 0.6 is 11.6 Å². The number of hydrogen-bond acceptors (Lipinski definition) is 1. The lowest BCUT2D eigenvalue weighted by atomic mass is 9.76. The maximum absolute atomic E-state index is 13.1. The zero-order valence-corrected chi connectivity index (χ0v) is 12.6. The SMILES string of the molecule is Fc1ccc(CC2CCCCC2CNC2CC2)c(Cl)c1. The van der Waals surface area contributed by atoms with Gasteiger partial charge in [0.15, 0.2) is 0 Å². The Morgan fingerprint density at radius 2 is 1.85 bits per heavy atom. The van der Waals surface area contributed by atoms with Gasteiger partial charge in [0.2, 0.25) is 0 Å². The summed E-state index contributed by atoms with van der Waals surface area (Å²) in [5.41, 5.74) is 1.11. The molecule has 3 heteroatoms. The molecule has 1 N–H and O–H groups in total. The van der Waals surface area contributed by atoms with Crippen LogP contribution in [0.5, 0.6) is 0 Å². The molecule has 2 fully saturated rings. The Bertz CT molecular complexity index is 458. The Balaban J connectivity index is 1.62. The molecule has 0 spiro atoms. The van der Waals surface area contributed by atoms with E-state index in [0.717, 1.165) is 30.5 Å². The van der Waals surface area contributed by atoms with Gasteiger partial charge in [-0.2, -0.15) is 0 Å². The molecule has 0 amide bonds. The standard InChI is InChI=1S/C17H23ClFN/c18-17-10-15(19)6-5-13(17)9-12-3-1-2-4-14(12)11-20-16-7-8-16/h5-6,10,12,14,16,20H,1-4,7-9,11H2. The summed E-state index contributed by atoms with van der Waals surface area (Å²) in [5.74, 6) is 1.21. The average Bonchev–Trinajstić information content (AvgIpc) is 3.25. The van der Waals surface area contributed by atoms with Crippen LogP contribution in [-0.2, 0) is 6.42 Å². The smallest absolute Gasteiger partial charge is 0.124 e. The van der Waals surface area contributed by atoms with Gasteiger partial charge in [0.05, 0.1) is 0 Å². The van der Waals surface area contributed by atoms with Gasteiger partial charge in [0.25, 0.3) is 0 Å². The van der Waals surface area contributed by atoms with E-state index >= 15 is 0 Å². The Hall–Kier alpha value is -0.600. The van der Waals surface area contributed by atoms with E-state index in [4.69, 9.17) is 11.6 Å². The van der Waals surface area contributed by atoms with Gasteiger partial charge in [0.1, 0.15) is 5.82 Å². The molecule has 0 radical (unpaired) electrons. The molecule has 0 heterocycles. The summed E-state index contributed by atoms with van der Waals surface area (Å²) in [4.78, 5) is 0. The first-order valence-corrected chi connectivity index (χ1v) is 8.27. The van der Waals surface area contributed by atoms with Crippen LogP contribution in [0.2, 0.25) is 5.02 Å². The van der Waals surface area contributed by atoms with Gasteiger partial charge in [-0.05, 0) is 68.2 Å². The summed E-state index contributed by atoms with van der Waals surface area (Å²) in [6.45, 7) is 1.15. The molecule has 110 valence electrons. The molecule has 2 unspecified atom stereocenters. The first kappa shape index (κ1) is 14.3. The fourth-order valence-electron chi connectivity index (χ4n) is 3.40. The molecule has 0 aromatic heterocycles. The molecule has 20 heavy (non-hydrogen) atoms. The minimum absolute atomic E-state index is 0.241. The molecule has 0 aliphatic heterocycles. The van der Waals surface area contributed by atoms with Gasteiger partial charge in [-0.1, -0.05) is 30.5 Å². The Morgan fingerprint density at radius 1 is 1.10 bits per heavy atom. The third kappa shape index (κ3) is 3.73. The van der Waals surface area contributed by atoms with E-state index in [2.05, 4.69) is 5.32 Å². The summed E-state index contributed by atoms with van der Waals surface area (Å²) >= 11 is 6.18. The van der Waals surface area contributed by atoms with Crippen molar-refractivity contribution in [3.63, 3.8) is 0 Å². The number of benzene rings is 1. The maximum Gasteiger partial charge on any atom is 0.124 e. The van der Waals surface area contributed by atoms with Gasteiger partial charge in [-0.15, -0.1) is 0 Å². The fourth-order valence-corrected chi connectivity index (χ4v) is 3.64. The second-order valence-electron chi connectivity index (χ2n) is 6.43. The molecule has 3 rings (SSSR count). The first-order valence-electron chi connectivity index (χ1n) is 7.89. The quantitative estimate of drug-likeness (QED) is 0.838. The average molecular weight is 296 g/mol. The monoisotopic (exact) mass is 295 g/mol. The van der Waals surface area contributed by atoms with Crippen LogP contribution in [0.25, 0.3) is 0 Å². The highest BCUT2D eigenvalue weighted by Gasteiger charge is 2.28. The molecule has 1 aromatic rings. The summed E-state index contributed by atoms with van der Waals surface area (Å²) in [6.07, 6.45) is 8.97. The van der Waals surface area contributed by atoms with Crippen molar-refractivity contribution >= 4 is 11.6 Å². The van der Waals surface area contributed by atoms with Crippen LogP contribution in [0, 0.1) is 17.7 Å². The molecule has 1 nitrogen and oxygen atoms in total. The van der Waals surface area contributed by atoms with Gasteiger partial charge in [-0.3, -0.25) is 0 Å². The van der Waals surface area contributed by atoms with Crippen molar-refractivity contribution in [3.8, 4) is 0 Å². The third-order valence-electron chi connectivity index (χ3n) is 4.81. The van der Waals surface area contributed by atoms with Gasteiger partial charge in [-0.25, -0.2) is 4.39 Å². The highest BCUT2D eigenvalue weighted by Crippen LogP contribution is 2.34. The van der Waals surface area contributed by atoms with E-state index < -0.39 is 0 Å². The molecular weight excluding hydrogens is 273 g/mol. The first-order chi connectivity index (χ1) is 9.72. The lowest BCUT2D eigenvalue weighted by Gasteiger charge is -2.32. The van der Waals surface area contributed by atoms with Crippen molar-refractivity contribution < 1.29 is 4.39 Å². The van der Waals surface area contributed by atoms with E-state index in [9.17, 15) is 4.39 Å². The van der Waals surface area contributed by atoms with Crippen molar-refractivity contribution in [1.82, 2.24) is 5.32 Å². The molecule has 1 aromatic carbocycles. The van der Waals surface area contributed by atoms with Crippen molar-refractivity contribution in [3.05, 3.63) is 34.6 Å². The molecule has 0 bridgehead atoms. The van der Waals surface area contributed by atoms with E-state index in [-0.39, 0.29) is 5.82 Å². The van der Waals surface area contributed by atoms with Crippen molar-refractivity contribution in [2.75, 3.05) is 6.54 Å². The lowest BCUT2D eigenvalue weighted by Crippen LogP contribution is -2.32. The Labute approximate surface area is 125 Å². The predicted octanol–water partition coefficient (Wildman–Crippen LogP) is 4.58. The Morgan fingerprint density at radius 3 is 2.55 bits per heavy atom. The van der Waals surface area contributed by atoms with E-state index in [1.165, 1.54) is 50.7 Å². The van der Waals surface area contributed by atoms with Gasteiger partial charge >= 0.3 is 0 Å². The highest BCUT2D eigenvalue weighted by atomic mass is 35.5. The summed E-state index contributed by atoms with van der Waals surface area (Å²) in [6, 6.07) is 5.61. The molecule has 0 saturated heterocycles. The maximum atomic E-state index is 13.1. The topological polar surface area (TPSA) is 12.0 Å². The number of nitrogens with one attached hydrogen (secondary N) is 1. The molecule has 2 saturated carbocycles. The summed E-state index contributed by atoms with van der Waals surface area (Å²) < 4.78 is 13.1. The van der Waals surface area contributed by atoms with Gasteiger partial charge < -0.3 is 5.32 Å². The van der Waals surface area contributed by atoms with Crippen LogP contribution in [0.1, 0.15) is 44.1 Å². The molecule has 2 aliphatic rings. The zero-order chi connectivity index (χ0) is 13.9. The minimum atomic E-state index is -0.241. The minimum Gasteiger partial charge on any atom is -0.314 e. The molecule has 2 aliphatic carbocycles. The lowest BCUT2D eigenvalue weighted by molar-refractivity contribution is 0.228. The number of hydrogen-bond donors (Lipinski definition) is 1. The van der Waals surface area contributed by atoms with Crippen LogP contribution in [0.15, 0.2) is 18.2 Å². The molecular formula is C17H23ClFN. The van der Waals surface area contributed by atoms with Crippen LogP contribution < -0.4 is 5.32 Å². The normalized spacial score (nSPS) is 26.7. The highest BCUT2D eigenvalue weighted by molar-refractivity contribution is 6.31. The zero-order valence-electron chi connectivity index (χ0n) is 11.9. The van der Waals surface area contributed by atoms with Crippen LogP contribution in [-0.4, -0.2) is 12.6 Å². The van der Waals surface area contributed by atoms with Crippen molar-refractivity contribution in [1.29, 1.82) is 0 Å².